The van der Waals surface area contributed by atoms with Crippen LogP contribution in [0.4, 0.5) is 11.4 Å². The number of aryl methyl sites for hydroxylation is 1. The molecule has 0 aliphatic carbocycles. The molecule has 1 heterocycles. The SMILES string of the molecule is COc1ccc(OC)c(NC2=C(Cl)C(=O)N(c3cccc(C)c3)C2=O)c1. The third-order valence-corrected chi connectivity index (χ3v) is 4.30. The molecule has 7 heteroatoms. The molecule has 3 rings (SSSR count). The van der Waals surface area contributed by atoms with E-state index in [1.807, 2.05) is 13.0 Å². The number of imide groups is 1. The van der Waals surface area contributed by atoms with Crippen LogP contribution in [0.15, 0.2) is 53.2 Å². The monoisotopic (exact) mass is 372 g/mol. The normalized spacial score (nSPS) is 14.1. The molecule has 2 amide bonds. The average Bonchev–Trinajstić information content (AvgIpc) is 2.85. The summed E-state index contributed by atoms with van der Waals surface area (Å²) >= 11 is 6.16. The fraction of sp³-hybridized carbons (Fsp3) is 0.158. The molecule has 1 aliphatic rings. The highest BCUT2D eigenvalue weighted by atomic mass is 35.5. The lowest BCUT2D eigenvalue weighted by atomic mass is 10.2. The molecule has 0 aromatic heterocycles. The number of carbonyl (C=O) groups excluding carboxylic acids is 2. The van der Waals surface area contributed by atoms with Gasteiger partial charge in [-0.1, -0.05) is 23.7 Å². The second-order valence-electron chi connectivity index (χ2n) is 5.66. The number of methoxy groups -OCH3 is 2. The third-order valence-electron chi connectivity index (χ3n) is 3.95. The molecule has 134 valence electrons. The van der Waals surface area contributed by atoms with E-state index in [0.717, 1.165) is 10.5 Å². The van der Waals surface area contributed by atoms with Crippen molar-refractivity contribution in [2.75, 3.05) is 24.4 Å². The van der Waals surface area contributed by atoms with Crippen molar-refractivity contribution in [2.45, 2.75) is 6.92 Å². The zero-order valence-electron chi connectivity index (χ0n) is 14.5. The molecule has 6 nitrogen and oxygen atoms in total. The van der Waals surface area contributed by atoms with Gasteiger partial charge in [-0.05, 0) is 36.8 Å². The highest BCUT2D eigenvalue weighted by Crippen LogP contribution is 2.34. The Bertz CT molecular complexity index is 924. The maximum atomic E-state index is 12.8. The number of anilines is 2. The van der Waals surface area contributed by atoms with E-state index < -0.39 is 11.8 Å². The van der Waals surface area contributed by atoms with E-state index >= 15 is 0 Å². The molecule has 0 saturated carbocycles. The maximum Gasteiger partial charge on any atom is 0.283 e. The van der Waals surface area contributed by atoms with Crippen molar-refractivity contribution in [1.29, 1.82) is 0 Å². The van der Waals surface area contributed by atoms with Crippen LogP contribution in [0.5, 0.6) is 11.5 Å². The summed E-state index contributed by atoms with van der Waals surface area (Å²) in [4.78, 5) is 26.4. The van der Waals surface area contributed by atoms with E-state index in [-0.39, 0.29) is 10.7 Å². The van der Waals surface area contributed by atoms with E-state index in [9.17, 15) is 9.59 Å². The van der Waals surface area contributed by atoms with Gasteiger partial charge in [0.05, 0.1) is 25.6 Å². The van der Waals surface area contributed by atoms with Crippen LogP contribution in [0, 0.1) is 6.92 Å². The number of hydrogen-bond donors (Lipinski definition) is 1. The van der Waals surface area contributed by atoms with Crippen molar-refractivity contribution in [1.82, 2.24) is 0 Å². The second-order valence-corrected chi connectivity index (χ2v) is 6.04. The Morgan fingerprint density at radius 2 is 1.77 bits per heavy atom. The highest BCUT2D eigenvalue weighted by Gasteiger charge is 2.39. The van der Waals surface area contributed by atoms with Gasteiger partial charge in [-0.3, -0.25) is 9.59 Å². The van der Waals surface area contributed by atoms with Gasteiger partial charge >= 0.3 is 0 Å². The van der Waals surface area contributed by atoms with Crippen molar-refractivity contribution in [3.8, 4) is 11.5 Å². The lowest BCUT2D eigenvalue weighted by molar-refractivity contribution is -0.120. The minimum absolute atomic E-state index is 0.00951. The van der Waals surface area contributed by atoms with Gasteiger partial charge in [0, 0.05) is 6.07 Å². The molecule has 1 N–H and O–H groups in total. The number of ether oxygens (including phenoxy) is 2. The van der Waals surface area contributed by atoms with Crippen LogP contribution in [0.3, 0.4) is 0 Å². The number of amides is 2. The van der Waals surface area contributed by atoms with Gasteiger partial charge in [-0.2, -0.15) is 0 Å². The van der Waals surface area contributed by atoms with Crippen LogP contribution >= 0.6 is 11.6 Å². The van der Waals surface area contributed by atoms with Crippen molar-refractivity contribution in [3.05, 3.63) is 58.8 Å². The van der Waals surface area contributed by atoms with Crippen LogP contribution < -0.4 is 19.7 Å². The summed E-state index contributed by atoms with van der Waals surface area (Å²) in [7, 11) is 3.03. The zero-order valence-corrected chi connectivity index (χ0v) is 15.3. The summed E-state index contributed by atoms with van der Waals surface area (Å²) in [6.45, 7) is 1.88. The van der Waals surface area contributed by atoms with Crippen LogP contribution in [-0.2, 0) is 9.59 Å². The Kier molecular flexibility index (Phi) is 4.86. The molecule has 0 bridgehead atoms. The van der Waals surface area contributed by atoms with Gasteiger partial charge in [-0.25, -0.2) is 4.90 Å². The summed E-state index contributed by atoms with van der Waals surface area (Å²) in [6.07, 6.45) is 0. The van der Waals surface area contributed by atoms with Crippen LogP contribution in [0.25, 0.3) is 0 Å². The van der Waals surface area contributed by atoms with Crippen molar-refractivity contribution >= 4 is 34.8 Å². The number of rotatable bonds is 5. The molecular formula is C19H17ClN2O4. The summed E-state index contributed by atoms with van der Waals surface area (Å²) in [5.41, 5.74) is 1.85. The molecule has 2 aromatic carbocycles. The van der Waals surface area contributed by atoms with E-state index in [4.69, 9.17) is 21.1 Å². The summed E-state index contributed by atoms with van der Waals surface area (Å²) in [5.74, 6) is -0.0588. The summed E-state index contributed by atoms with van der Waals surface area (Å²) in [5, 5.41) is 2.73. The maximum absolute atomic E-state index is 12.8. The molecule has 0 atom stereocenters. The minimum atomic E-state index is -0.577. The smallest absolute Gasteiger partial charge is 0.283 e. The Balaban J connectivity index is 1.96. The Morgan fingerprint density at radius 1 is 1.00 bits per heavy atom. The molecule has 26 heavy (non-hydrogen) atoms. The van der Waals surface area contributed by atoms with Crippen molar-refractivity contribution < 1.29 is 19.1 Å². The van der Waals surface area contributed by atoms with E-state index in [0.29, 0.717) is 22.9 Å². The topological polar surface area (TPSA) is 67.9 Å². The zero-order chi connectivity index (χ0) is 18.8. The van der Waals surface area contributed by atoms with E-state index in [2.05, 4.69) is 5.32 Å². The molecule has 0 fully saturated rings. The first kappa shape index (κ1) is 17.8. The predicted octanol–water partition coefficient (Wildman–Crippen LogP) is 3.45. The van der Waals surface area contributed by atoms with Crippen LogP contribution in [-0.4, -0.2) is 26.0 Å². The number of carbonyl (C=O) groups is 2. The third kappa shape index (κ3) is 3.11. The minimum Gasteiger partial charge on any atom is -0.497 e. The van der Waals surface area contributed by atoms with Crippen LogP contribution in [0.1, 0.15) is 5.56 Å². The molecule has 0 saturated heterocycles. The Labute approximate surface area is 156 Å². The molecule has 2 aromatic rings. The standard InChI is InChI=1S/C19H17ClN2O4/c1-11-5-4-6-12(9-11)22-18(23)16(20)17(19(22)24)21-14-10-13(25-2)7-8-15(14)26-3/h4-10,21H,1-3H3. The van der Waals surface area contributed by atoms with Gasteiger partial charge in [0.25, 0.3) is 11.8 Å². The number of nitrogens with one attached hydrogen (secondary N) is 1. The molecule has 0 unspecified atom stereocenters. The van der Waals surface area contributed by atoms with Crippen molar-refractivity contribution in [2.24, 2.45) is 0 Å². The number of nitrogens with zero attached hydrogens (tertiary/aromatic N) is 1. The number of benzene rings is 2. The fourth-order valence-corrected chi connectivity index (χ4v) is 2.87. The van der Waals surface area contributed by atoms with Gasteiger partial charge in [-0.15, -0.1) is 0 Å². The Hall–Kier alpha value is -2.99. The number of hydrogen-bond acceptors (Lipinski definition) is 5. The van der Waals surface area contributed by atoms with Gasteiger partial charge in [0.15, 0.2) is 0 Å². The first-order valence-electron chi connectivity index (χ1n) is 7.80. The molecule has 0 radical (unpaired) electrons. The summed E-state index contributed by atoms with van der Waals surface area (Å²) < 4.78 is 10.5. The predicted molar refractivity (Wildman–Crippen MR) is 99.7 cm³/mol. The lowest BCUT2D eigenvalue weighted by Gasteiger charge is -2.16. The van der Waals surface area contributed by atoms with E-state index in [1.165, 1.54) is 14.2 Å². The van der Waals surface area contributed by atoms with Crippen molar-refractivity contribution in [3.63, 3.8) is 0 Å². The van der Waals surface area contributed by atoms with E-state index in [1.54, 1.807) is 36.4 Å². The summed E-state index contributed by atoms with van der Waals surface area (Å²) in [6, 6.07) is 12.1. The molecular weight excluding hydrogens is 356 g/mol. The quantitative estimate of drug-likeness (QED) is 0.814. The van der Waals surface area contributed by atoms with Crippen LogP contribution in [0.2, 0.25) is 0 Å². The first-order chi connectivity index (χ1) is 12.5. The lowest BCUT2D eigenvalue weighted by Crippen LogP contribution is -2.32. The largest absolute Gasteiger partial charge is 0.497 e. The second kappa shape index (κ2) is 7.09. The molecule has 0 spiro atoms. The first-order valence-corrected chi connectivity index (χ1v) is 8.18. The average molecular weight is 373 g/mol. The fourth-order valence-electron chi connectivity index (χ4n) is 2.66. The van der Waals surface area contributed by atoms with Gasteiger partial charge in [0.2, 0.25) is 0 Å². The number of halogens is 1. The highest BCUT2D eigenvalue weighted by molar-refractivity contribution is 6.53. The Morgan fingerprint density at radius 3 is 2.42 bits per heavy atom. The van der Waals surface area contributed by atoms with Gasteiger partial charge < -0.3 is 14.8 Å². The molecule has 1 aliphatic heterocycles. The van der Waals surface area contributed by atoms with Gasteiger partial charge in [0.1, 0.15) is 22.2 Å².